The minimum Gasteiger partial charge on any atom is -0.306 e. The Hall–Kier alpha value is -0.840. The molecule has 0 aliphatic rings. The molecule has 0 aliphatic carbocycles. The molecule has 1 aromatic heterocycles. The first-order valence-corrected chi connectivity index (χ1v) is 7.27. The predicted octanol–water partition coefficient (Wildman–Crippen LogP) is 4.18. The molecule has 2 rings (SSSR count). The Morgan fingerprint density at radius 3 is 2.74 bits per heavy atom. The van der Waals surface area contributed by atoms with Crippen LogP contribution in [0.25, 0.3) is 5.69 Å². The van der Waals surface area contributed by atoms with E-state index in [1.165, 1.54) is 0 Å². The Morgan fingerprint density at radius 1 is 1.32 bits per heavy atom. The van der Waals surface area contributed by atoms with E-state index in [0.717, 1.165) is 22.4 Å². The molecule has 0 spiro atoms. The number of benzene rings is 1. The van der Waals surface area contributed by atoms with Crippen molar-refractivity contribution >= 4 is 27.5 Å². The van der Waals surface area contributed by atoms with Crippen LogP contribution in [0.1, 0.15) is 26.5 Å². The lowest BCUT2D eigenvalue weighted by molar-refractivity contribution is 0.420. The molecule has 3 nitrogen and oxygen atoms in total. The smallest absolute Gasteiger partial charge is 0.0802 e. The Morgan fingerprint density at radius 2 is 2.05 bits per heavy atom. The highest BCUT2D eigenvalue weighted by molar-refractivity contribution is 9.10. The molecule has 19 heavy (non-hydrogen) atoms. The number of halogens is 2. The van der Waals surface area contributed by atoms with Crippen molar-refractivity contribution < 1.29 is 0 Å². The maximum atomic E-state index is 6.02. The van der Waals surface area contributed by atoms with Gasteiger partial charge in [0.15, 0.2) is 0 Å². The van der Waals surface area contributed by atoms with Crippen molar-refractivity contribution in [3.8, 4) is 5.69 Å². The van der Waals surface area contributed by atoms with Crippen LogP contribution in [-0.2, 0) is 6.54 Å². The molecule has 1 aromatic carbocycles. The molecule has 2 aromatic rings. The summed E-state index contributed by atoms with van der Waals surface area (Å²) >= 11 is 9.53. The molecule has 5 heteroatoms. The van der Waals surface area contributed by atoms with E-state index in [2.05, 4.69) is 47.1 Å². The highest BCUT2D eigenvalue weighted by Crippen LogP contribution is 2.24. The largest absolute Gasteiger partial charge is 0.306 e. The molecular formula is C14H17BrClN3. The maximum absolute atomic E-state index is 6.02. The van der Waals surface area contributed by atoms with E-state index >= 15 is 0 Å². The van der Waals surface area contributed by atoms with Crippen LogP contribution in [0.2, 0.25) is 5.02 Å². The van der Waals surface area contributed by atoms with E-state index in [0.29, 0.717) is 5.02 Å². The van der Waals surface area contributed by atoms with Gasteiger partial charge in [-0.1, -0.05) is 11.6 Å². The highest BCUT2D eigenvalue weighted by Gasteiger charge is 2.10. The Kier molecular flexibility index (Phi) is 4.33. The summed E-state index contributed by atoms with van der Waals surface area (Å²) in [7, 11) is 0. The molecule has 0 amide bonds. The number of rotatable bonds is 3. The molecule has 1 N–H and O–H groups in total. The summed E-state index contributed by atoms with van der Waals surface area (Å²) in [5.74, 6) is 0. The van der Waals surface area contributed by atoms with Crippen molar-refractivity contribution in [3.05, 3.63) is 45.7 Å². The molecule has 0 saturated heterocycles. The zero-order chi connectivity index (χ0) is 14.0. The average molecular weight is 343 g/mol. The number of nitrogens with one attached hydrogen (secondary N) is 1. The molecule has 102 valence electrons. The lowest BCUT2D eigenvalue weighted by atomic mass is 10.1. The fourth-order valence-corrected chi connectivity index (χ4v) is 2.20. The second kappa shape index (κ2) is 5.65. The number of hydrogen-bond donors (Lipinski definition) is 1. The van der Waals surface area contributed by atoms with Gasteiger partial charge in [-0.2, -0.15) is 5.10 Å². The topological polar surface area (TPSA) is 29.9 Å². The van der Waals surface area contributed by atoms with Gasteiger partial charge in [-0.25, -0.2) is 4.68 Å². The first-order chi connectivity index (χ1) is 8.85. The molecule has 0 bridgehead atoms. The van der Waals surface area contributed by atoms with Gasteiger partial charge in [0.1, 0.15) is 0 Å². The van der Waals surface area contributed by atoms with Crippen molar-refractivity contribution in [1.82, 2.24) is 15.1 Å². The molecule has 0 radical (unpaired) electrons. The lowest BCUT2D eigenvalue weighted by Crippen LogP contribution is -2.35. The molecule has 0 fully saturated rings. The summed E-state index contributed by atoms with van der Waals surface area (Å²) in [6, 6.07) is 7.67. The monoisotopic (exact) mass is 341 g/mol. The third-order valence-electron chi connectivity index (χ3n) is 2.60. The van der Waals surface area contributed by atoms with Crippen LogP contribution in [0, 0.1) is 0 Å². The van der Waals surface area contributed by atoms with E-state index in [1.54, 1.807) is 0 Å². The van der Waals surface area contributed by atoms with Gasteiger partial charge in [-0.15, -0.1) is 0 Å². The molecule has 0 atom stereocenters. The molecule has 0 saturated carbocycles. The molecular weight excluding hydrogens is 326 g/mol. The van der Waals surface area contributed by atoms with Crippen molar-refractivity contribution in [2.24, 2.45) is 0 Å². The second-order valence-electron chi connectivity index (χ2n) is 5.45. The predicted molar refractivity (Wildman–Crippen MR) is 82.9 cm³/mol. The van der Waals surface area contributed by atoms with Gasteiger partial charge in [0.05, 0.1) is 11.4 Å². The van der Waals surface area contributed by atoms with Gasteiger partial charge in [0.2, 0.25) is 0 Å². The Balaban J connectivity index is 2.19. The summed E-state index contributed by atoms with van der Waals surface area (Å²) in [6.07, 6.45) is 1.94. The van der Waals surface area contributed by atoms with Crippen LogP contribution < -0.4 is 5.32 Å². The van der Waals surface area contributed by atoms with E-state index < -0.39 is 0 Å². The summed E-state index contributed by atoms with van der Waals surface area (Å²) in [6.45, 7) is 7.15. The fourth-order valence-electron chi connectivity index (χ4n) is 1.61. The average Bonchev–Trinajstić information content (AvgIpc) is 2.77. The molecule has 0 aliphatic heterocycles. The number of aromatic nitrogens is 2. The van der Waals surface area contributed by atoms with Gasteiger partial charge in [-0.05, 0) is 61.0 Å². The third-order valence-corrected chi connectivity index (χ3v) is 3.50. The van der Waals surface area contributed by atoms with Crippen LogP contribution in [0.5, 0.6) is 0 Å². The van der Waals surface area contributed by atoms with Gasteiger partial charge in [-0.3, -0.25) is 0 Å². The van der Waals surface area contributed by atoms with Crippen LogP contribution in [0.15, 0.2) is 34.9 Å². The van der Waals surface area contributed by atoms with Crippen molar-refractivity contribution in [3.63, 3.8) is 0 Å². The number of hydrogen-bond acceptors (Lipinski definition) is 2. The standard InChI is InChI=1S/C14H17BrClN3/c1-14(2,3)17-9-11-6-7-19(18-11)13-8-10(16)4-5-12(13)15/h4-8,17H,9H2,1-3H3. The van der Waals surface area contributed by atoms with Gasteiger partial charge < -0.3 is 5.32 Å². The lowest BCUT2D eigenvalue weighted by Gasteiger charge is -2.19. The fraction of sp³-hybridized carbons (Fsp3) is 0.357. The molecule has 0 unspecified atom stereocenters. The Bertz CT molecular complexity index is 572. The third kappa shape index (κ3) is 4.06. The minimum absolute atomic E-state index is 0.0837. The highest BCUT2D eigenvalue weighted by atomic mass is 79.9. The van der Waals surface area contributed by atoms with Gasteiger partial charge in [0.25, 0.3) is 0 Å². The first kappa shape index (κ1) is 14.6. The normalized spacial score (nSPS) is 11.8. The van der Waals surface area contributed by atoms with Crippen molar-refractivity contribution in [2.45, 2.75) is 32.9 Å². The zero-order valence-corrected chi connectivity index (χ0v) is 13.6. The van der Waals surface area contributed by atoms with E-state index in [4.69, 9.17) is 11.6 Å². The van der Waals surface area contributed by atoms with Crippen LogP contribution >= 0.6 is 27.5 Å². The second-order valence-corrected chi connectivity index (χ2v) is 6.74. The summed E-state index contributed by atoms with van der Waals surface area (Å²) < 4.78 is 2.80. The quantitative estimate of drug-likeness (QED) is 0.907. The Labute approximate surface area is 127 Å². The summed E-state index contributed by atoms with van der Waals surface area (Å²) in [4.78, 5) is 0. The SMILES string of the molecule is CC(C)(C)NCc1ccn(-c2cc(Cl)ccc2Br)n1. The van der Waals surface area contributed by atoms with Crippen LogP contribution in [0.3, 0.4) is 0 Å². The van der Waals surface area contributed by atoms with Crippen LogP contribution in [0.4, 0.5) is 0 Å². The van der Waals surface area contributed by atoms with E-state index in [9.17, 15) is 0 Å². The minimum atomic E-state index is 0.0837. The maximum Gasteiger partial charge on any atom is 0.0802 e. The van der Waals surface area contributed by atoms with Gasteiger partial charge in [0, 0.05) is 27.8 Å². The number of nitrogens with zero attached hydrogens (tertiary/aromatic N) is 2. The zero-order valence-electron chi connectivity index (χ0n) is 11.2. The van der Waals surface area contributed by atoms with Crippen molar-refractivity contribution in [1.29, 1.82) is 0 Å². The van der Waals surface area contributed by atoms with E-state index in [-0.39, 0.29) is 5.54 Å². The summed E-state index contributed by atoms with van der Waals surface area (Å²) in [5, 5.41) is 8.66. The van der Waals surface area contributed by atoms with Crippen LogP contribution in [-0.4, -0.2) is 15.3 Å². The van der Waals surface area contributed by atoms with Crippen molar-refractivity contribution in [2.75, 3.05) is 0 Å². The van der Waals surface area contributed by atoms with Gasteiger partial charge >= 0.3 is 0 Å². The molecule has 1 heterocycles. The van der Waals surface area contributed by atoms with E-state index in [1.807, 2.05) is 35.1 Å². The first-order valence-electron chi connectivity index (χ1n) is 6.10. The summed E-state index contributed by atoms with van der Waals surface area (Å²) in [5.41, 5.74) is 2.02.